The predicted octanol–water partition coefficient (Wildman–Crippen LogP) is 2.02. The van der Waals surface area contributed by atoms with Crippen LogP contribution >= 0.6 is 0 Å². The van der Waals surface area contributed by atoms with E-state index < -0.39 is 48.1 Å². The number of aryl methyl sites for hydroxylation is 1. The molecule has 2 heterocycles. The summed E-state index contributed by atoms with van der Waals surface area (Å²) in [4.78, 5) is 46.2. The molecule has 0 aliphatic carbocycles. The SMILES string of the molecule is CC(=O)OCC1C[C@H](OC(C)=O)[C@@H](OC(C)=O)[C@H](Oc2ccc3c(C)cc(=O)oc3c2)O1. The molecule has 0 spiro atoms. The fourth-order valence-electron chi connectivity index (χ4n) is 3.47. The summed E-state index contributed by atoms with van der Waals surface area (Å²) in [6.45, 7) is 5.37. The molecule has 1 saturated heterocycles. The number of benzene rings is 1. The minimum atomic E-state index is -1.19. The average Bonchev–Trinajstić information content (AvgIpc) is 2.67. The third-order valence-electron chi connectivity index (χ3n) is 4.72. The number of hydrogen-bond acceptors (Lipinski definition) is 10. The molecule has 32 heavy (non-hydrogen) atoms. The van der Waals surface area contributed by atoms with E-state index in [0.29, 0.717) is 5.58 Å². The van der Waals surface area contributed by atoms with Crippen molar-refractivity contribution in [3.8, 4) is 5.75 Å². The topological polar surface area (TPSA) is 128 Å². The van der Waals surface area contributed by atoms with Crippen LogP contribution < -0.4 is 10.4 Å². The number of carbonyl (C=O) groups is 3. The van der Waals surface area contributed by atoms with Crippen molar-refractivity contribution in [3.05, 3.63) is 40.2 Å². The van der Waals surface area contributed by atoms with Crippen LogP contribution in [0.3, 0.4) is 0 Å². The molecule has 1 aliphatic rings. The van der Waals surface area contributed by atoms with Gasteiger partial charge in [-0.15, -0.1) is 0 Å². The fraction of sp³-hybridized carbons (Fsp3) is 0.455. The van der Waals surface area contributed by atoms with E-state index in [4.69, 9.17) is 28.1 Å². The zero-order valence-corrected chi connectivity index (χ0v) is 18.1. The van der Waals surface area contributed by atoms with Gasteiger partial charge in [-0.05, 0) is 24.6 Å². The summed E-state index contributed by atoms with van der Waals surface area (Å²) in [6.07, 6.45) is -3.72. The molecule has 0 saturated carbocycles. The largest absolute Gasteiger partial charge is 0.463 e. The lowest BCUT2D eigenvalue weighted by molar-refractivity contribution is -0.254. The van der Waals surface area contributed by atoms with Crippen LogP contribution in [-0.4, -0.2) is 49.1 Å². The first kappa shape index (κ1) is 23.3. The Kier molecular flexibility index (Phi) is 7.14. The summed E-state index contributed by atoms with van der Waals surface area (Å²) in [6, 6.07) is 6.24. The van der Waals surface area contributed by atoms with Crippen molar-refractivity contribution in [2.24, 2.45) is 0 Å². The molecular weight excluding hydrogens is 424 g/mol. The number of carbonyl (C=O) groups excluding carboxylic acids is 3. The smallest absolute Gasteiger partial charge is 0.336 e. The molecule has 1 aliphatic heterocycles. The summed E-state index contributed by atoms with van der Waals surface area (Å²) in [5, 5.41) is 0.726. The first-order chi connectivity index (χ1) is 15.1. The second-order valence-electron chi connectivity index (χ2n) is 7.41. The first-order valence-electron chi connectivity index (χ1n) is 9.97. The minimum Gasteiger partial charge on any atom is -0.463 e. The van der Waals surface area contributed by atoms with Crippen molar-refractivity contribution in [1.82, 2.24) is 0 Å². The standard InChI is InChI=1S/C22H24O10/c1-11-7-20(26)32-18-8-15(5-6-17(11)18)30-22-21(29-14(4)25)19(28-13(3)24)9-16(31-22)10-27-12(2)23/h5-8,16,19,21-22H,9-10H2,1-4H3/t16?,19-,21+,22+/m0/s1. The van der Waals surface area contributed by atoms with Crippen molar-refractivity contribution >= 4 is 28.9 Å². The van der Waals surface area contributed by atoms with Gasteiger partial charge in [0, 0.05) is 44.7 Å². The zero-order valence-electron chi connectivity index (χ0n) is 18.1. The van der Waals surface area contributed by atoms with Crippen molar-refractivity contribution in [1.29, 1.82) is 0 Å². The molecule has 0 N–H and O–H groups in total. The second kappa shape index (κ2) is 9.82. The van der Waals surface area contributed by atoms with Crippen LogP contribution in [0.5, 0.6) is 5.75 Å². The average molecular weight is 448 g/mol. The third kappa shape index (κ3) is 5.85. The number of hydrogen-bond donors (Lipinski definition) is 0. The van der Waals surface area contributed by atoms with Crippen LogP contribution in [0.15, 0.2) is 33.5 Å². The van der Waals surface area contributed by atoms with E-state index in [-0.39, 0.29) is 18.8 Å². The van der Waals surface area contributed by atoms with Crippen LogP contribution in [0.4, 0.5) is 0 Å². The Bertz CT molecular complexity index is 1070. The van der Waals surface area contributed by atoms with Gasteiger partial charge < -0.3 is 28.1 Å². The molecule has 10 nitrogen and oxygen atoms in total. The molecule has 0 radical (unpaired) electrons. The lowest BCUT2D eigenvalue weighted by Gasteiger charge is -2.39. The van der Waals surface area contributed by atoms with Gasteiger partial charge >= 0.3 is 23.5 Å². The molecule has 0 amide bonds. The second-order valence-corrected chi connectivity index (χ2v) is 7.41. The molecule has 10 heteroatoms. The molecule has 172 valence electrons. The lowest BCUT2D eigenvalue weighted by atomic mass is 10.0. The minimum absolute atomic E-state index is 0.106. The van der Waals surface area contributed by atoms with Crippen LogP contribution in [0.25, 0.3) is 11.0 Å². The number of fused-ring (bicyclic) bond motifs is 1. The molecule has 2 aromatic rings. The summed E-state index contributed by atoms with van der Waals surface area (Å²) in [7, 11) is 0. The molecule has 1 fully saturated rings. The molecule has 4 atom stereocenters. The summed E-state index contributed by atoms with van der Waals surface area (Å²) in [5.74, 6) is -1.44. The fourth-order valence-corrected chi connectivity index (χ4v) is 3.47. The normalized spacial score (nSPS) is 22.8. The Morgan fingerprint density at radius 1 is 1.03 bits per heavy atom. The van der Waals surface area contributed by atoms with Crippen molar-refractivity contribution in [2.75, 3.05) is 6.61 Å². The van der Waals surface area contributed by atoms with Crippen molar-refractivity contribution < 1.29 is 42.5 Å². The number of rotatable bonds is 6. The predicted molar refractivity (Wildman–Crippen MR) is 109 cm³/mol. The van der Waals surface area contributed by atoms with Crippen LogP contribution in [0, 0.1) is 6.92 Å². The van der Waals surface area contributed by atoms with Crippen molar-refractivity contribution in [3.63, 3.8) is 0 Å². The van der Waals surface area contributed by atoms with Gasteiger partial charge in [-0.1, -0.05) is 0 Å². The van der Waals surface area contributed by atoms with E-state index in [1.165, 1.54) is 32.9 Å². The van der Waals surface area contributed by atoms with E-state index >= 15 is 0 Å². The molecule has 1 aromatic heterocycles. The quantitative estimate of drug-likeness (QED) is 0.368. The Hall–Kier alpha value is -3.40. The van der Waals surface area contributed by atoms with Crippen LogP contribution in [0.1, 0.15) is 32.8 Å². The van der Waals surface area contributed by atoms with Crippen LogP contribution in [0.2, 0.25) is 0 Å². The molecule has 1 aromatic carbocycles. The summed E-state index contributed by atoms with van der Waals surface area (Å²) < 4.78 is 32.7. The highest BCUT2D eigenvalue weighted by Crippen LogP contribution is 2.30. The Balaban J connectivity index is 1.91. The van der Waals surface area contributed by atoms with Gasteiger partial charge in [0.2, 0.25) is 12.4 Å². The van der Waals surface area contributed by atoms with E-state index in [9.17, 15) is 19.2 Å². The molecule has 1 unspecified atom stereocenters. The third-order valence-corrected chi connectivity index (χ3v) is 4.72. The van der Waals surface area contributed by atoms with Gasteiger partial charge in [-0.2, -0.15) is 0 Å². The maximum Gasteiger partial charge on any atom is 0.336 e. The van der Waals surface area contributed by atoms with Gasteiger partial charge in [-0.3, -0.25) is 14.4 Å². The lowest BCUT2D eigenvalue weighted by Crippen LogP contribution is -2.55. The van der Waals surface area contributed by atoms with Gasteiger partial charge in [0.05, 0.1) is 6.10 Å². The van der Waals surface area contributed by atoms with E-state index in [1.54, 1.807) is 19.1 Å². The molecule has 0 bridgehead atoms. The monoisotopic (exact) mass is 448 g/mol. The maximum atomic E-state index is 11.7. The number of esters is 3. The van der Waals surface area contributed by atoms with Crippen molar-refractivity contribution in [2.45, 2.75) is 58.7 Å². The zero-order chi connectivity index (χ0) is 23.4. The van der Waals surface area contributed by atoms with E-state index in [2.05, 4.69) is 0 Å². The van der Waals surface area contributed by atoms with Gasteiger partial charge in [0.1, 0.15) is 24.0 Å². The summed E-state index contributed by atoms with van der Waals surface area (Å²) >= 11 is 0. The highest BCUT2D eigenvalue weighted by Gasteiger charge is 2.45. The molecule has 3 rings (SSSR count). The van der Waals surface area contributed by atoms with Gasteiger partial charge in [-0.25, -0.2) is 4.79 Å². The highest BCUT2D eigenvalue weighted by atomic mass is 16.7. The Morgan fingerprint density at radius 2 is 1.75 bits per heavy atom. The van der Waals surface area contributed by atoms with Gasteiger partial charge in [0.25, 0.3) is 0 Å². The van der Waals surface area contributed by atoms with E-state index in [1.807, 2.05) is 0 Å². The number of ether oxygens (including phenoxy) is 5. The van der Waals surface area contributed by atoms with E-state index in [0.717, 1.165) is 10.9 Å². The molecular formula is C22H24O10. The Morgan fingerprint density at radius 3 is 2.41 bits per heavy atom. The summed E-state index contributed by atoms with van der Waals surface area (Å²) in [5.41, 5.74) is 0.543. The first-order valence-corrected chi connectivity index (χ1v) is 9.97. The Labute approximate surface area is 183 Å². The highest BCUT2D eigenvalue weighted by molar-refractivity contribution is 5.81. The van der Waals surface area contributed by atoms with Crippen LogP contribution in [-0.2, 0) is 33.3 Å². The van der Waals surface area contributed by atoms with Gasteiger partial charge in [0.15, 0.2) is 0 Å². The maximum absolute atomic E-state index is 11.7.